The Balaban J connectivity index is 1.88. The lowest BCUT2D eigenvalue weighted by molar-refractivity contribution is -0.137. The molecule has 1 atom stereocenters. The average molecular weight is 422 g/mol. The molecule has 0 aliphatic rings. The number of benzene rings is 2. The maximum atomic E-state index is 11.2. The van der Waals surface area contributed by atoms with Gasteiger partial charge < -0.3 is 14.6 Å². The summed E-state index contributed by atoms with van der Waals surface area (Å²) in [5.41, 5.74) is 4.45. The van der Waals surface area contributed by atoms with Crippen molar-refractivity contribution in [3.63, 3.8) is 0 Å². The zero-order valence-corrected chi connectivity index (χ0v) is 17.7. The molecule has 1 N–H and O–H groups in total. The van der Waals surface area contributed by atoms with Gasteiger partial charge in [0.25, 0.3) is 0 Å². The van der Waals surface area contributed by atoms with Crippen LogP contribution in [0.25, 0.3) is 0 Å². The Hall–Kier alpha value is -3.30. The zero-order chi connectivity index (χ0) is 21.5. The minimum absolute atomic E-state index is 0.0335. The fraction of sp³-hybridized carbons (Fsp3) is 0.250. The molecule has 0 spiro atoms. The number of thiophene rings is 1. The molecule has 3 rings (SSSR count). The van der Waals surface area contributed by atoms with Gasteiger partial charge in [-0.15, -0.1) is 0 Å². The number of nitriles is 1. The lowest BCUT2D eigenvalue weighted by Gasteiger charge is -2.22. The SMILES string of the molecule is Cc1ccc(C)c(C(CCC(=O)O)Oc2cc(OCc3ccsc3)ccc2C#N)c1. The number of carboxylic acids is 1. The highest BCUT2D eigenvalue weighted by molar-refractivity contribution is 7.07. The van der Waals surface area contributed by atoms with Crippen molar-refractivity contribution in [2.75, 3.05) is 0 Å². The molecule has 0 amide bonds. The predicted molar refractivity (Wildman–Crippen MR) is 116 cm³/mol. The predicted octanol–water partition coefficient (Wildman–Crippen LogP) is 5.80. The van der Waals surface area contributed by atoms with Crippen LogP contribution in [0.5, 0.6) is 11.5 Å². The minimum atomic E-state index is -0.887. The number of aliphatic carboxylic acids is 1. The summed E-state index contributed by atoms with van der Waals surface area (Å²) in [6.07, 6.45) is -0.223. The number of rotatable bonds is 9. The summed E-state index contributed by atoms with van der Waals surface area (Å²) in [5.74, 6) is 0.0898. The van der Waals surface area contributed by atoms with Crippen LogP contribution in [0.15, 0.2) is 53.2 Å². The number of hydrogen-bond acceptors (Lipinski definition) is 5. The maximum absolute atomic E-state index is 11.2. The largest absolute Gasteiger partial charge is 0.489 e. The van der Waals surface area contributed by atoms with E-state index in [0.29, 0.717) is 30.1 Å². The van der Waals surface area contributed by atoms with E-state index in [1.165, 1.54) is 0 Å². The van der Waals surface area contributed by atoms with Gasteiger partial charge in [-0.1, -0.05) is 23.8 Å². The molecule has 6 heteroatoms. The van der Waals surface area contributed by atoms with Gasteiger partial charge in [0.1, 0.15) is 30.3 Å². The Morgan fingerprint density at radius 3 is 2.73 bits per heavy atom. The normalized spacial score (nSPS) is 11.5. The zero-order valence-electron chi connectivity index (χ0n) is 16.9. The standard InChI is InChI=1S/C24H23NO4S/c1-16-3-4-17(2)21(11-16)22(7-8-24(26)27)29-23-12-20(6-5-19(23)13-25)28-14-18-9-10-30-15-18/h3-6,9-12,15,22H,7-8,14H2,1-2H3,(H,26,27). The van der Waals surface area contributed by atoms with Gasteiger partial charge in [-0.05, 0) is 65.9 Å². The summed E-state index contributed by atoms with van der Waals surface area (Å²) in [5, 5.41) is 22.7. The Morgan fingerprint density at radius 2 is 2.03 bits per heavy atom. The second kappa shape index (κ2) is 9.95. The van der Waals surface area contributed by atoms with E-state index in [4.69, 9.17) is 9.47 Å². The number of aryl methyl sites for hydroxylation is 2. The fourth-order valence-corrected chi connectivity index (χ4v) is 3.77. The van der Waals surface area contributed by atoms with Crippen molar-refractivity contribution in [3.05, 3.63) is 81.0 Å². The Labute approximate surface area is 180 Å². The van der Waals surface area contributed by atoms with E-state index in [-0.39, 0.29) is 6.42 Å². The summed E-state index contributed by atoms with van der Waals surface area (Å²) in [7, 11) is 0. The van der Waals surface area contributed by atoms with Gasteiger partial charge in [-0.2, -0.15) is 16.6 Å². The van der Waals surface area contributed by atoms with Crippen molar-refractivity contribution >= 4 is 17.3 Å². The lowest BCUT2D eigenvalue weighted by atomic mass is 9.97. The first-order chi connectivity index (χ1) is 14.5. The van der Waals surface area contributed by atoms with Gasteiger partial charge >= 0.3 is 5.97 Å². The van der Waals surface area contributed by atoms with Gasteiger partial charge in [0, 0.05) is 12.5 Å². The molecule has 1 aromatic heterocycles. The summed E-state index contributed by atoms with van der Waals surface area (Å²) in [6.45, 7) is 4.38. The quantitative estimate of drug-likeness (QED) is 0.472. The van der Waals surface area contributed by atoms with Crippen LogP contribution in [0.2, 0.25) is 0 Å². The molecule has 0 aliphatic carbocycles. The van der Waals surface area contributed by atoms with Crippen molar-refractivity contribution in [1.29, 1.82) is 5.26 Å². The number of nitrogens with zero attached hydrogens (tertiary/aromatic N) is 1. The monoisotopic (exact) mass is 421 g/mol. The van der Waals surface area contributed by atoms with Crippen molar-refractivity contribution in [2.45, 2.75) is 39.4 Å². The molecule has 0 aliphatic heterocycles. The molecule has 30 heavy (non-hydrogen) atoms. The molecule has 1 unspecified atom stereocenters. The van der Waals surface area contributed by atoms with E-state index in [1.54, 1.807) is 29.5 Å². The van der Waals surface area contributed by atoms with Crippen molar-refractivity contribution < 1.29 is 19.4 Å². The van der Waals surface area contributed by atoms with Crippen LogP contribution in [0.4, 0.5) is 0 Å². The van der Waals surface area contributed by atoms with Crippen LogP contribution < -0.4 is 9.47 Å². The van der Waals surface area contributed by atoms with Gasteiger partial charge in [0.05, 0.1) is 5.56 Å². The van der Waals surface area contributed by atoms with Crippen LogP contribution in [0.3, 0.4) is 0 Å². The number of carboxylic acid groups (broad SMARTS) is 1. The summed E-state index contributed by atoms with van der Waals surface area (Å²) < 4.78 is 12.1. The van der Waals surface area contributed by atoms with E-state index in [0.717, 1.165) is 22.3 Å². The molecular formula is C24H23NO4S. The molecule has 2 aromatic carbocycles. The molecule has 0 radical (unpaired) electrons. The topological polar surface area (TPSA) is 79.6 Å². The van der Waals surface area contributed by atoms with Crippen molar-refractivity contribution in [2.24, 2.45) is 0 Å². The van der Waals surface area contributed by atoms with E-state index in [9.17, 15) is 15.2 Å². The first-order valence-electron chi connectivity index (χ1n) is 9.60. The van der Waals surface area contributed by atoms with Crippen LogP contribution in [0, 0.1) is 25.2 Å². The molecule has 0 saturated carbocycles. The third kappa shape index (κ3) is 5.62. The van der Waals surface area contributed by atoms with Crippen molar-refractivity contribution in [1.82, 2.24) is 0 Å². The molecule has 154 valence electrons. The Morgan fingerprint density at radius 1 is 1.20 bits per heavy atom. The van der Waals surface area contributed by atoms with Gasteiger partial charge in [-0.3, -0.25) is 4.79 Å². The first kappa shape index (κ1) is 21.4. The summed E-state index contributed by atoms with van der Waals surface area (Å²) in [6, 6.07) is 15.2. The first-order valence-corrected chi connectivity index (χ1v) is 10.5. The Bertz CT molecular complexity index is 1050. The minimum Gasteiger partial charge on any atom is -0.489 e. The van der Waals surface area contributed by atoms with E-state index < -0.39 is 12.1 Å². The molecule has 0 bridgehead atoms. The van der Waals surface area contributed by atoms with Gasteiger partial charge in [0.15, 0.2) is 0 Å². The fourth-order valence-electron chi connectivity index (χ4n) is 3.12. The molecular weight excluding hydrogens is 398 g/mol. The van der Waals surface area contributed by atoms with E-state index >= 15 is 0 Å². The highest BCUT2D eigenvalue weighted by Gasteiger charge is 2.20. The van der Waals surface area contributed by atoms with Crippen molar-refractivity contribution in [3.8, 4) is 17.6 Å². The highest BCUT2D eigenvalue weighted by atomic mass is 32.1. The second-order valence-electron chi connectivity index (χ2n) is 7.09. The molecule has 0 fully saturated rings. The van der Waals surface area contributed by atoms with Crippen LogP contribution in [0.1, 0.15) is 46.8 Å². The maximum Gasteiger partial charge on any atom is 0.303 e. The number of ether oxygens (including phenoxy) is 2. The summed E-state index contributed by atoms with van der Waals surface area (Å²) in [4.78, 5) is 11.2. The smallest absolute Gasteiger partial charge is 0.303 e. The Kier molecular flexibility index (Phi) is 7.10. The summed E-state index contributed by atoms with van der Waals surface area (Å²) >= 11 is 1.60. The molecule has 1 heterocycles. The average Bonchev–Trinajstić information content (AvgIpc) is 3.25. The van der Waals surface area contributed by atoms with Crippen LogP contribution in [-0.2, 0) is 11.4 Å². The molecule has 0 saturated heterocycles. The highest BCUT2D eigenvalue weighted by Crippen LogP contribution is 2.33. The van der Waals surface area contributed by atoms with Crippen LogP contribution in [-0.4, -0.2) is 11.1 Å². The van der Waals surface area contributed by atoms with Gasteiger partial charge in [-0.25, -0.2) is 0 Å². The third-order valence-corrected chi connectivity index (χ3v) is 5.46. The second-order valence-corrected chi connectivity index (χ2v) is 7.87. The third-order valence-electron chi connectivity index (χ3n) is 4.73. The molecule has 5 nitrogen and oxygen atoms in total. The van der Waals surface area contributed by atoms with Crippen LogP contribution >= 0.6 is 11.3 Å². The number of carbonyl (C=O) groups is 1. The molecule has 3 aromatic rings. The van der Waals surface area contributed by atoms with Gasteiger partial charge in [0.2, 0.25) is 0 Å². The van der Waals surface area contributed by atoms with E-state index in [2.05, 4.69) is 6.07 Å². The lowest BCUT2D eigenvalue weighted by Crippen LogP contribution is -2.12. The van der Waals surface area contributed by atoms with E-state index in [1.807, 2.05) is 48.9 Å². The number of hydrogen-bond donors (Lipinski definition) is 1.